The molecule has 4 unspecified atom stereocenters. The second-order valence-corrected chi connectivity index (χ2v) is 4.47. The molecule has 0 radical (unpaired) electrons. The minimum Gasteiger partial charge on any atom is -0.483 e. The van der Waals surface area contributed by atoms with E-state index in [-0.39, 0.29) is 24.7 Å². The van der Waals surface area contributed by atoms with Gasteiger partial charge in [0.1, 0.15) is 23.7 Å². The number of halogens is 2. The summed E-state index contributed by atoms with van der Waals surface area (Å²) in [6, 6.07) is 3.39. The molecule has 2 heterocycles. The first-order valence-electron chi connectivity index (χ1n) is 5.86. The molecule has 0 saturated carbocycles. The summed E-state index contributed by atoms with van der Waals surface area (Å²) in [5, 5.41) is 2.76. The van der Waals surface area contributed by atoms with Crippen molar-refractivity contribution in [3.63, 3.8) is 0 Å². The first kappa shape index (κ1) is 12.4. The maximum Gasteiger partial charge on any atom is 0.152 e. The summed E-state index contributed by atoms with van der Waals surface area (Å²) >= 11 is 0. The summed E-state index contributed by atoms with van der Waals surface area (Å²) in [6.07, 6.45) is -2.97. The first-order valence-corrected chi connectivity index (χ1v) is 5.86. The van der Waals surface area contributed by atoms with E-state index in [4.69, 9.17) is 14.2 Å². The monoisotopic (exact) mass is 271 g/mol. The molecular weight excluding hydrogens is 260 g/mol. The largest absolute Gasteiger partial charge is 0.483 e. The fourth-order valence-electron chi connectivity index (χ4n) is 2.34. The molecule has 1 aromatic rings. The first-order chi connectivity index (χ1) is 9.19. The van der Waals surface area contributed by atoms with Gasteiger partial charge in [0, 0.05) is 6.07 Å². The molecule has 3 rings (SSSR count). The Morgan fingerprint density at radius 2 is 2.05 bits per heavy atom. The number of hydrogen-bond donors (Lipinski definition) is 0. The zero-order valence-corrected chi connectivity index (χ0v) is 9.79. The minimum atomic E-state index is -1.19. The summed E-state index contributed by atoms with van der Waals surface area (Å²) in [5.41, 5.74) is -0.0142. The van der Waals surface area contributed by atoms with Crippen LogP contribution < -0.4 is 4.74 Å². The Morgan fingerprint density at radius 3 is 2.84 bits per heavy atom. The van der Waals surface area contributed by atoms with Gasteiger partial charge in [-0.1, -0.05) is 0 Å². The van der Waals surface area contributed by atoms with Crippen molar-refractivity contribution in [3.05, 3.63) is 28.9 Å². The molecule has 2 aliphatic rings. The highest BCUT2D eigenvalue weighted by Crippen LogP contribution is 2.34. The molecule has 102 valence electrons. The van der Waals surface area contributed by atoms with Crippen LogP contribution in [0.25, 0.3) is 0 Å². The maximum absolute atomic E-state index is 13.4. The summed E-state index contributed by atoms with van der Waals surface area (Å²) in [6.45, 7) is 0.0850. The van der Waals surface area contributed by atoms with Gasteiger partial charge in [-0.25, -0.2) is 8.78 Å². The molecule has 0 N–H and O–H groups in total. The average molecular weight is 271 g/mol. The van der Waals surface area contributed by atoms with E-state index in [2.05, 4.69) is 5.18 Å². The van der Waals surface area contributed by atoms with Crippen LogP contribution in [-0.2, 0) is 9.47 Å². The van der Waals surface area contributed by atoms with Gasteiger partial charge in [0.2, 0.25) is 0 Å². The number of alkyl halides is 1. The van der Waals surface area contributed by atoms with Gasteiger partial charge in [0.15, 0.2) is 18.0 Å². The topological polar surface area (TPSA) is 57.1 Å². The van der Waals surface area contributed by atoms with E-state index < -0.39 is 30.3 Å². The van der Waals surface area contributed by atoms with Crippen LogP contribution in [0.3, 0.4) is 0 Å². The molecule has 2 fully saturated rings. The molecule has 2 saturated heterocycles. The third-order valence-corrected chi connectivity index (χ3v) is 3.25. The molecule has 1 aromatic carbocycles. The molecule has 5 nitrogen and oxygen atoms in total. The van der Waals surface area contributed by atoms with E-state index in [9.17, 15) is 13.7 Å². The average Bonchev–Trinajstić information content (AvgIpc) is 2.95. The lowest BCUT2D eigenvalue weighted by atomic mass is 10.1. The van der Waals surface area contributed by atoms with Gasteiger partial charge in [-0.05, 0) is 17.3 Å². The lowest BCUT2D eigenvalue weighted by Gasteiger charge is -2.18. The van der Waals surface area contributed by atoms with Crippen LogP contribution in [-0.4, -0.2) is 37.7 Å². The van der Waals surface area contributed by atoms with Crippen molar-refractivity contribution in [2.45, 2.75) is 24.5 Å². The quantitative estimate of drug-likeness (QED) is 0.790. The Labute approximate surface area is 107 Å². The van der Waals surface area contributed by atoms with Gasteiger partial charge in [-0.3, -0.25) is 0 Å². The Hall–Kier alpha value is -1.60. The number of nitrogens with zero attached hydrogens (tertiary/aromatic N) is 1. The predicted molar refractivity (Wildman–Crippen MR) is 60.6 cm³/mol. The Kier molecular flexibility index (Phi) is 3.16. The number of hydrogen-bond acceptors (Lipinski definition) is 5. The zero-order valence-electron chi connectivity index (χ0n) is 9.79. The fourth-order valence-corrected chi connectivity index (χ4v) is 2.34. The van der Waals surface area contributed by atoms with Crippen molar-refractivity contribution in [1.29, 1.82) is 0 Å². The normalized spacial score (nSPS) is 33.2. The molecule has 0 spiro atoms. The van der Waals surface area contributed by atoms with Crippen LogP contribution in [0.5, 0.6) is 5.75 Å². The van der Waals surface area contributed by atoms with Gasteiger partial charge in [-0.2, -0.15) is 0 Å². The van der Waals surface area contributed by atoms with E-state index >= 15 is 0 Å². The standard InChI is InChI=1S/C12H11F2NO4/c13-6-1-2-8(15-16)9(3-6)19-10-5-18-11-7(14)4-17-12(10)11/h1-3,7,10-12H,4-5H2. The summed E-state index contributed by atoms with van der Waals surface area (Å²) in [4.78, 5) is 10.6. The van der Waals surface area contributed by atoms with Gasteiger partial charge in [-0.15, -0.1) is 4.91 Å². The number of ether oxygens (including phenoxy) is 3. The summed E-state index contributed by atoms with van der Waals surface area (Å²) in [5.74, 6) is -0.538. The molecule has 7 heteroatoms. The van der Waals surface area contributed by atoms with Crippen LogP contribution >= 0.6 is 0 Å². The summed E-state index contributed by atoms with van der Waals surface area (Å²) in [7, 11) is 0. The van der Waals surface area contributed by atoms with Crippen LogP contribution in [0.15, 0.2) is 23.4 Å². The minimum absolute atomic E-state index is 0.00941. The second kappa shape index (κ2) is 4.82. The second-order valence-electron chi connectivity index (χ2n) is 4.47. The highest BCUT2D eigenvalue weighted by Gasteiger charge is 2.49. The van der Waals surface area contributed by atoms with Crippen molar-refractivity contribution >= 4 is 5.69 Å². The molecule has 4 atom stereocenters. The SMILES string of the molecule is O=Nc1ccc(F)cc1OC1COC2C(F)COC12. The molecule has 2 aliphatic heterocycles. The van der Waals surface area contributed by atoms with Crippen molar-refractivity contribution in [2.24, 2.45) is 5.18 Å². The zero-order chi connectivity index (χ0) is 13.4. The van der Waals surface area contributed by atoms with Gasteiger partial charge in [0.25, 0.3) is 0 Å². The smallest absolute Gasteiger partial charge is 0.152 e. The molecule has 0 amide bonds. The molecule has 0 bridgehead atoms. The van der Waals surface area contributed by atoms with E-state index in [1.54, 1.807) is 0 Å². The van der Waals surface area contributed by atoms with E-state index in [0.29, 0.717) is 0 Å². The highest BCUT2D eigenvalue weighted by molar-refractivity contribution is 5.51. The fraction of sp³-hybridized carbons (Fsp3) is 0.500. The van der Waals surface area contributed by atoms with Crippen LogP contribution in [0, 0.1) is 10.7 Å². The van der Waals surface area contributed by atoms with Gasteiger partial charge < -0.3 is 14.2 Å². The van der Waals surface area contributed by atoms with Crippen molar-refractivity contribution in [3.8, 4) is 5.75 Å². The van der Waals surface area contributed by atoms with Crippen LogP contribution in [0.2, 0.25) is 0 Å². The van der Waals surface area contributed by atoms with E-state index in [1.807, 2.05) is 0 Å². The van der Waals surface area contributed by atoms with E-state index in [1.165, 1.54) is 6.07 Å². The molecule has 0 aromatic heterocycles. The Balaban J connectivity index is 1.79. The predicted octanol–water partition coefficient (Wildman–Crippen LogP) is 2.11. The highest BCUT2D eigenvalue weighted by atomic mass is 19.1. The Morgan fingerprint density at radius 1 is 1.26 bits per heavy atom. The van der Waals surface area contributed by atoms with Crippen LogP contribution in [0.1, 0.15) is 0 Å². The lowest BCUT2D eigenvalue weighted by Crippen LogP contribution is -2.33. The van der Waals surface area contributed by atoms with Crippen molar-refractivity contribution in [1.82, 2.24) is 0 Å². The van der Waals surface area contributed by atoms with Crippen LogP contribution in [0.4, 0.5) is 14.5 Å². The molecular formula is C12H11F2NO4. The third kappa shape index (κ3) is 2.19. The van der Waals surface area contributed by atoms with Crippen molar-refractivity contribution < 1.29 is 23.0 Å². The summed E-state index contributed by atoms with van der Waals surface area (Å²) < 4.78 is 42.5. The van der Waals surface area contributed by atoms with Gasteiger partial charge in [0.05, 0.1) is 13.2 Å². The van der Waals surface area contributed by atoms with Gasteiger partial charge >= 0.3 is 0 Å². The number of nitroso groups, excluding NO2 is 1. The number of fused-ring (bicyclic) bond motifs is 1. The Bertz CT molecular complexity index is 499. The molecule has 19 heavy (non-hydrogen) atoms. The van der Waals surface area contributed by atoms with E-state index in [0.717, 1.165) is 12.1 Å². The van der Waals surface area contributed by atoms with Crippen molar-refractivity contribution in [2.75, 3.05) is 13.2 Å². The maximum atomic E-state index is 13.4. The third-order valence-electron chi connectivity index (χ3n) is 3.25. The number of benzene rings is 1. The lowest BCUT2D eigenvalue weighted by molar-refractivity contribution is 0.0282. The number of rotatable bonds is 3. The molecule has 0 aliphatic carbocycles.